The van der Waals surface area contributed by atoms with Crippen molar-refractivity contribution in [2.24, 2.45) is 0 Å². The van der Waals surface area contributed by atoms with E-state index in [2.05, 4.69) is 55.6 Å². The first kappa shape index (κ1) is 44.4. The Morgan fingerprint density at radius 1 is 0.500 bits per heavy atom. The van der Waals surface area contributed by atoms with Crippen molar-refractivity contribution in [3.8, 4) is 0 Å². The molecular formula is C42H77NO3. The number of unbranched alkanes of at least 4 members (excludes halogenated alkanes) is 22. The van der Waals surface area contributed by atoms with E-state index < -0.39 is 12.1 Å². The van der Waals surface area contributed by atoms with E-state index in [1.807, 2.05) is 6.08 Å². The van der Waals surface area contributed by atoms with Crippen LogP contribution in [-0.4, -0.2) is 34.9 Å². The lowest BCUT2D eigenvalue weighted by atomic mass is 10.0. The van der Waals surface area contributed by atoms with Gasteiger partial charge in [0.25, 0.3) is 0 Å². The lowest BCUT2D eigenvalue weighted by Crippen LogP contribution is -2.45. The molecule has 0 aliphatic carbocycles. The van der Waals surface area contributed by atoms with E-state index in [1.165, 1.54) is 122 Å². The second kappa shape index (κ2) is 37.8. The highest BCUT2D eigenvalue weighted by atomic mass is 16.3. The molecule has 0 aromatic heterocycles. The van der Waals surface area contributed by atoms with Crippen LogP contribution in [0.1, 0.15) is 194 Å². The van der Waals surface area contributed by atoms with Gasteiger partial charge in [0.05, 0.1) is 18.8 Å². The van der Waals surface area contributed by atoms with Crippen molar-refractivity contribution in [1.82, 2.24) is 5.32 Å². The van der Waals surface area contributed by atoms with Crippen molar-refractivity contribution in [1.29, 1.82) is 0 Å². The highest BCUT2D eigenvalue weighted by Crippen LogP contribution is 2.14. The van der Waals surface area contributed by atoms with Gasteiger partial charge in [-0.05, 0) is 64.2 Å². The van der Waals surface area contributed by atoms with Gasteiger partial charge in [-0.2, -0.15) is 0 Å². The molecule has 0 aromatic rings. The molecule has 0 fully saturated rings. The molecule has 0 rings (SSSR count). The molecule has 0 saturated carbocycles. The third kappa shape index (κ3) is 33.7. The zero-order valence-electron chi connectivity index (χ0n) is 30.6. The number of aliphatic hydroxyl groups excluding tert-OH is 2. The Kier molecular flexibility index (Phi) is 36.4. The summed E-state index contributed by atoms with van der Waals surface area (Å²) in [6, 6.07) is -0.648. The van der Waals surface area contributed by atoms with Gasteiger partial charge in [0.2, 0.25) is 5.91 Å². The van der Waals surface area contributed by atoms with Gasteiger partial charge in [-0.15, -0.1) is 0 Å². The van der Waals surface area contributed by atoms with Crippen molar-refractivity contribution >= 4 is 5.91 Å². The molecule has 268 valence electrons. The van der Waals surface area contributed by atoms with Gasteiger partial charge < -0.3 is 15.5 Å². The lowest BCUT2D eigenvalue weighted by Gasteiger charge is -2.19. The number of rotatable bonds is 35. The quantitative estimate of drug-likeness (QED) is 0.0475. The lowest BCUT2D eigenvalue weighted by molar-refractivity contribution is -0.123. The summed E-state index contributed by atoms with van der Waals surface area (Å²) in [7, 11) is 0. The molecule has 0 aliphatic rings. The average Bonchev–Trinajstić information content (AvgIpc) is 3.06. The molecule has 0 spiro atoms. The molecule has 4 heteroatoms. The summed E-state index contributed by atoms with van der Waals surface area (Å²) in [5, 5.41) is 22.8. The van der Waals surface area contributed by atoms with Crippen LogP contribution in [0.5, 0.6) is 0 Å². The van der Waals surface area contributed by atoms with E-state index in [9.17, 15) is 15.0 Å². The number of allylic oxidation sites excluding steroid dienone is 7. The Hall–Kier alpha value is -1.65. The molecule has 46 heavy (non-hydrogen) atoms. The fourth-order valence-electron chi connectivity index (χ4n) is 5.68. The normalized spacial score (nSPS) is 13.6. The van der Waals surface area contributed by atoms with Gasteiger partial charge >= 0.3 is 0 Å². The van der Waals surface area contributed by atoms with Gasteiger partial charge in [0.15, 0.2) is 0 Å². The van der Waals surface area contributed by atoms with Gasteiger partial charge in [0.1, 0.15) is 0 Å². The Balaban J connectivity index is 3.64. The van der Waals surface area contributed by atoms with Crippen LogP contribution in [-0.2, 0) is 4.79 Å². The van der Waals surface area contributed by atoms with Crippen LogP contribution in [0.15, 0.2) is 48.6 Å². The molecule has 3 N–H and O–H groups in total. The number of hydrogen-bond donors (Lipinski definition) is 3. The number of hydrogen-bond acceptors (Lipinski definition) is 3. The summed E-state index contributed by atoms with van der Waals surface area (Å²) >= 11 is 0. The van der Waals surface area contributed by atoms with Crippen molar-refractivity contribution < 1.29 is 15.0 Å². The molecule has 0 saturated heterocycles. The van der Waals surface area contributed by atoms with E-state index in [0.717, 1.165) is 51.4 Å². The molecule has 1 amide bonds. The maximum absolute atomic E-state index is 12.3. The summed E-state index contributed by atoms with van der Waals surface area (Å²) in [4.78, 5) is 12.3. The van der Waals surface area contributed by atoms with Gasteiger partial charge in [-0.1, -0.05) is 172 Å². The van der Waals surface area contributed by atoms with Gasteiger partial charge in [-0.3, -0.25) is 4.79 Å². The number of aliphatic hydroxyl groups is 2. The van der Waals surface area contributed by atoms with Crippen molar-refractivity contribution in [2.45, 2.75) is 206 Å². The van der Waals surface area contributed by atoms with Crippen LogP contribution >= 0.6 is 0 Å². The molecular weight excluding hydrogens is 566 g/mol. The van der Waals surface area contributed by atoms with Crippen LogP contribution in [0.25, 0.3) is 0 Å². The smallest absolute Gasteiger partial charge is 0.220 e. The largest absolute Gasteiger partial charge is 0.394 e. The van der Waals surface area contributed by atoms with Crippen LogP contribution in [0, 0.1) is 0 Å². The van der Waals surface area contributed by atoms with E-state index >= 15 is 0 Å². The van der Waals surface area contributed by atoms with Gasteiger partial charge in [-0.25, -0.2) is 0 Å². The highest BCUT2D eigenvalue weighted by Gasteiger charge is 2.17. The summed E-state index contributed by atoms with van der Waals surface area (Å²) < 4.78 is 0. The third-order valence-electron chi connectivity index (χ3n) is 8.74. The summed E-state index contributed by atoms with van der Waals surface area (Å²) in [5.74, 6) is -0.0921. The first-order chi connectivity index (χ1) is 22.7. The van der Waals surface area contributed by atoms with E-state index in [4.69, 9.17) is 0 Å². The Bertz CT molecular complexity index is 741. The predicted octanol–water partition coefficient (Wildman–Crippen LogP) is 12.0. The van der Waals surface area contributed by atoms with Crippen LogP contribution < -0.4 is 5.32 Å². The second-order valence-corrected chi connectivity index (χ2v) is 13.3. The van der Waals surface area contributed by atoms with Crippen molar-refractivity contribution in [3.05, 3.63) is 48.6 Å². The first-order valence-corrected chi connectivity index (χ1v) is 19.9. The minimum Gasteiger partial charge on any atom is -0.394 e. The Morgan fingerprint density at radius 2 is 0.891 bits per heavy atom. The van der Waals surface area contributed by atoms with Gasteiger partial charge in [0, 0.05) is 6.42 Å². The first-order valence-electron chi connectivity index (χ1n) is 19.9. The van der Waals surface area contributed by atoms with Crippen LogP contribution in [0.3, 0.4) is 0 Å². The van der Waals surface area contributed by atoms with Crippen molar-refractivity contribution in [2.75, 3.05) is 6.61 Å². The number of amides is 1. The fraction of sp³-hybridized carbons (Fsp3) is 0.786. The monoisotopic (exact) mass is 644 g/mol. The zero-order valence-corrected chi connectivity index (χ0v) is 30.6. The second-order valence-electron chi connectivity index (χ2n) is 13.3. The zero-order chi connectivity index (χ0) is 33.6. The molecule has 0 aromatic carbocycles. The van der Waals surface area contributed by atoms with Crippen molar-refractivity contribution in [3.63, 3.8) is 0 Å². The fourth-order valence-corrected chi connectivity index (χ4v) is 5.68. The summed E-state index contributed by atoms with van der Waals surface area (Å²) in [6.45, 7) is 4.22. The molecule has 4 nitrogen and oxygen atoms in total. The highest BCUT2D eigenvalue weighted by molar-refractivity contribution is 5.76. The molecule has 2 atom stereocenters. The average molecular weight is 644 g/mol. The van der Waals surface area contributed by atoms with E-state index in [0.29, 0.717) is 6.42 Å². The number of carbonyl (C=O) groups excluding carboxylic acids is 1. The summed E-state index contributed by atoms with van der Waals surface area (Å²) in [5.41, 5.74) is 0. The van der Waals surface area contributed by atoms with Crippen LogP contribution in [0.4, 0.5) is 0 Å². The maximum Gasteiger partial charge on any atom is 0.220 e. The number of nitrogens with one attached hydrogen (secondary N) is 1. The molecule has 0 heterocycles. The minimum absolute atomic E-state index is 0.0921. The Labute approximate surface area is 286 Å². The predicted molar refractivity (Wildman–Crippen MR) is 202 cm³/mol. The SMILES string of the molecule is CCC/C=C\CCCCCCCC(=O)NC(CO)C(O)/C=C/CC/C=C/CC/C=C/CCCCCCCCCCCCCCCC. The molecule has 2 unspecified atom stereocenters. The molecule has 0 aliphatic heterocycles. The Morgan fingerprint density at radius 3 is 1.35 bits per heavy atom. The molecule has 0 bridgehead atoms. The van der Waals surface area contributed by atoms with E-state index in [1.54, 1.807) is 6.08 Å². The standard InChI is InChI=1S/C42H77NO3/c1-3-5-7-9-11-13-15-16-17-18-19-20-21-22-23-24-25-26-27-28-29-31-33-35-37-41(45)40(39-44)43-42(46)38-36-34-32-30-14-12-10-8-6-4-2/h8,10,24-25,28-29,35,37,40-41,44-45H,3-7,9,11-23,26-27,30-34,36,38-39H2,1-2H3,(H,43,46)/b10-8-,25-24+,29-28+,37-35+. The third-order valence-corrected chi connectivity index (χ3v) is 8.74. The number of carbonyl (C=O) groups is 1. The topological polar surface area (TPSA) is 69.6 Å². The minimum atomic E-state index is -0.872. The molecule has 0 radical (unpaired) electrons. The van der Waals surface area contributed by atoms with E-state index in [-0.39, 0.29) is 12.5 Å². The summed E-state index contributed by atoms with van der Waals surface area (Å²) in [6.07, 6.45) is 50.8. The van der Waals surface area contributed by atoms with Crippen LogP contribution in [0.2, 0.25) is 0 Å². The maximum atomic E-state index is 12.3.